The molecule has 0 radical (unpaired) electrons. The molecule has 0 aliphatic heterocycles. The number of hydrogen-bond acceptors (Lipinski definition) is 5. The van der Waals surface area contributed by atoms with Gasteiger partial charge in [0, 0.05) is 6.54 Å². The molecule has 0 saturated carbocycles. The molecule has 0 atom stereocenters. The maximum atomic E-state index is 12.2. The van der Waals surface area contributed by atoms with Crippen LogP contribution in [-0.4, -0.2) is 36.4 Å². The van der Waals surface area contributed by atoms with Gasteiger partial charge in [0.05, 0.1) is 18.8 Å². The summed E-state index contributed by atoms with van der Waals surface area (Å²) in [6.07, 6.45) is -0.481. The van der Waals surface area contributed by atoms with Gasteiger partial charge in [0.25, 0.3) is 0 Å². The lowest BCUT2D eigenvalue weighted by Gasteiger charge is -2.20. The largest absolute Gasteiger partial charge is 0.456 e. The Labute approximate surface area is 149 Å². The van der Waals surface area contributed by atoms with E-state index >= 15 is 0 Å². The minimum Gasteiger partial charge on any atom is -0.456 e. The van der Waals surface area contributed by atoms with E-state index in [1.807, 2.05) is 32.9 Å². The maximum Gasteiger partial charge on any atom is 0.407 e. The molecule has 1 aromatic carbocycles. The maximum absolute atomic E-state index is 12.2. The molecule has 140 valence electrons. The van der Waals surface area contributed by atoms with Crippen LogP contribution < -0.4 is 5.32 Å². The van der Waals surface area contributed by atoms with Crippen LogP contribution in [0.5, 0.6) is 0 Å². The zero-order chi connectivity index (χ0) is 19.1. The Kier molecular flexibility index (Phi) is 7.42. The standard InChI is InChI=1S/C19H29NO5/c1-18(2,3)24-16(21)15-10-8-7-9-14(15)13-23-12-11-20-17(22)25-19(4,5)6/h7-10H,11-13H2,1-6H3,(H,20,22). The molecule has 0 saturated heterocycles. The van der Waals surface area contributed by atoms with E-state index in [1.165, 1.54) is 0 Å². The lowest BCUT2D eigenvalue weighted by Crippen LogP contribution is -2.34. The molecule has 0 unspecified atom stereocenters. The van der Waals surface area contributed by atoms with Crippen molar-refractivity contribution in [3.05, 3.63) is 35.4 Å². The van der Waals surface area contributed by atoms with Crippen molar-refractivity contribution in [2.24, 2.45) is 0 Å². The molecular formula is C19H29NO5. The van der Waals surface area contributed by atoms with E-state index in [0.717, 1.165) is 5.56 Å². The molecule has 6 heteroatoms. The van der Waals surface area contributed by atoms with Crippen LogP contribution in [-0.2, 0) is 20.8 Å². The number of esters is 1. The Morgan fingerprint density at radius 3 is 2.16 bits per heavy atom. The molecule has 0 aliphatic rings. The van der Waals surface area contributed by atoms with Crippen LogP contribution in [0.25, 0.3) is 0 Å². The third-order valence-electron chi connectivity index (χ3n) is 2.81. The summed E-state index contributed by atoms with van der Waals surface area (Å²) in [6.45, 7) is 11.8. The number of carbonyl (C=O) groups is 2. The van der Waals surface area contributed by atoms with Gasteiger partial charge < -0.3 is 19.5 Å². The smallest absolute Gasteiger partial charge is 0.407 e. The quantitative estimate of drug-likeness (QED) is 0.625. The van der Waals surface area contributed by atoms with E-state index in [-0.39, 0.29) is 12.6 Å². The highest BCUT2D eigenvalue weighted by Crippen LogP contribution is 2.16. The van der Waals surface area contributed by atoms with Gasteiger partial charge in [0.15, 0.2) is 0 Å². The molecule has 1 amide bonds. The number of nitrogens with one attached hydrogen (secondary N) is 1. The topological polar surface area (TPSA) is 73.9 Å². The molecule has 6 nitrogen and oxygen atoms in total. The zero-order valence-electron chi connectivity index (χ0n) is 16.0. The third kappa shape index (κ3) is 9.10. The molecule has 0 spiro atoms. The fraction of sp³-hybridized carbons (Fsp3) is 0.579. The molecule has 0 bridgehead atoms. The summed E-state index contributed by atoms with van der Waals surface area (Å²) in [5, 5.41) is 2.62. The Bertz CT molecular complexity index is 584. The van der Waals surface area contributed by atoms with Crippen molar-refractivity contribution in [2.45, 2.75) is 59.4 Å². The zero-order valence-corrected chi connectivity index (χ0v) is 16.0. The Morgan fingerprint density at radius 2 is 1.56 bits per heavy atom. The van der Waals surface area contributed by atoms with E-state index in [9.17, 15) is 9.59 Å². The molecule has 0 heterocycles. The second-order valence-electron chi connectivity index (χ2n) is 7.64. The summed E-state index contributed by atoms with van der Waals surface area (Å²) in [7, 11) is 0. The molecule has 1 rings (SSSR count). The fourth-order valence-corrected chi connectivity index (χ4v) is 1.90. The molecular weight excluding hydrogens is 322 g/mol. The van der Waals surface area contributed by atoms with Crippen LogP contribution in [0.1, 0.15) is 57.5 Å². The lowest BCUT2D eigenvalue weighted by molar-refractivity contribution is 0.00648. The van der Waals surface area contributed by atoms with E-state index < -0.39 is 17.3 Å². The summed E-state index contributed by atoms with van der Waals surface area (Å²) < 4.78 is 16.1. The number of hydrogen-bond donors (Lipinski definition) is 1. The van der Waals surface area contributed by atoms with Crippen LogP contribution in [0.15, 0.2) is 24.3 Å². The summed E-state index contributed by atoms with van der Waals surface area (Å²) in [6, 6.07) is 7.16. The summed E-state index contributed by atoms with van der Waals surface area (Å²) in [5.41, 5.74) is 0.145. The monoisotopic (exact) mass is 351 g/mol. The SMILES string of the molecule is CC(C)(C)OC(=O)NCCOCc1ccccc1C(=O)OC(C)(C)C. The number of benzene rings is 1. The van der Waals surface area contributed by atoms with Gasteiger partial charge in [0.1, 0.15) is 11.2 Å². The van der Waals surface area contributed by atoms with E-state index in [2.05, 4.69) is 5.32 Å². The summed E-state index contributed by atoms with van der Waals surface area (Å²) in [5.74, 6) is -0.376. The number of rotatable bonds is 6. The summed E-state index contributed by atoms with van der Waals surface area (Å²) in [4.78, 5) is 23.8. The molecule has 0 fully saturated rings. The van der Waals surface area contributed by atoms with Gasteiger partial charge in [-0.2, -0.15) is 0 Å². The van der Waals surface area contributed by atoms with Gasteiger partial charge in [-0.25, -0.2) is 9.59 Å². The first-order chi connectivity index (χ1) is 11.5. The lowest BCUT2D eigenvalue weighted by atomic mass is 10.1. The Hall–Kier alpha value is -2.08. The first-order valence-electron chi connectivity index (χ1n) is 8.34. The van der Waals surface area contributed by atoms with Gasteiger partial charge in [0.2, 0.25) is 0 Å². The number of alkyl carbamates (subject to hydrolysis) is 1. The van der Waals surface area contributed by atoms with Gasteiger partial charge in [-0.05, 0) is 53.2 Å². The third-order valence-corrected chi connectivity index (χ3v) is 2.81. The second-order valence-corrected chi connectivity index (χ2v) is 7.64. The van der Waals surface area contributed by atoms with E-state index in [0.29, 0.717) is 18.7 Å². The van der Waals surface area contributed by atoms with Crippen molar-refractivity contribution in [1.29, 1.82) is 0 Å². The van der Waals surface area contributed by atoms with Crippen molar-refractivity contribution in [1.82, 2.24) is 5.32 Å². The first kappa shape index (κ1) is 21.0. The molecule has 0 aliphatic carbocycles. The van der Waals surface area contributed by atoms with Gasteiger partial charge >= 0.3 is 12.1 Å². The van der Waals surface area contributed by atoms with Crippen LogP contribution in [0, 0.1) is 0 Å². The molecule has 1 N–H and O–H groups in total. The van der Waals surface area contributed by atoms with E-state index in [1.54, 1.807) is 32.9 Å². The Morgan fingerprint density at radius 1 is 0.960 bits per heavy atom. The van der Waals surface area contributed by atoms with Crippen molar-refractivity contribution >= 4 is 12.1 Å². The van der Waals surface area contributed by atoms with Gasteiger partial charge in [-0.15, -0.1) is 0 Å². The average Bonchev–Trinajstić information content (AvgIpc) is 2.43. The molecule has 0 aromatic heterocycles. The van der Waals surface area contributed by atoms with Crippen molar-refractivity contribution in [2.75, 3.05) is 13.2 Å². The Balaban J connectivity index is 2.46. The van der Waals surface area contributed by atoms with Crippen molar-refractivity contribution in [3.8, 4) is 0 Å². The van der Waals surface area contributed by atoms with Crippen LogP contribution in [0.3, 0.4) is 0 Å². The average molecular weight is 351 g/mol. The van der Waals surface area contributed by atoms with Gasteiger partial charge in [-0.3, -0.25) is 0 Å². The predicted molar refractivity (Wildman–Crippen MR) is 95.5 cm³/mol. The second kappa shape index (κ2) is 8.85. The molecule has 1 aromatic rings. The number of amides is 1. The van der Waals surface area contributed by atoms with Crippen LogP contribution in [0.4, 0.5) is 4.79 Å². The highest BCUT2D eigenvalue weighted by Gasteiger charge is 2.20. The summed E-state index contributed by atoms with van der Waals surface area (Å²) >= 11 is 0. The highest BCUT2D eigenvalue weighted by molar-refractivity contribution is 5.91. The minimum absolute atomic E-state index is 0.255. The van der Waals surface area contributed by atoms with Crippen molar-refractivity contribution in [3.63, 3.8) is 0 Å². The number of carbonyl (C=O) groups excluding carboxylic acids is 2. The van der Waals surface area contributed by atoms with Crippen LogP contribution >= 0.6 is 0 Å². The highest BCUT2D eigenvalue weighted by atomic mass is 16.6. The van der Waals surface area contributed by atoms with Gasteiger partial charge in [-0.1, -0.05) is 18.2 Å². The predicted octanol–water partition coefficient (Wildman–Crippen LogP) is 3.68. The van der Waals surface area contributed by atoms with Crippen molar-refractivity contribution < 1.29 is 23.8 Å². The normalized spacial score (nSPS) is 11.8. The molecule has 25 heavy (non-hydrogen) atoms. The first-order valence-corrected chi connectivity index (χ1v) is 8.34. The van der Waals surface area contributed by atoms with E-state index in [4.69, 9.17) is 14.2 Å². The minimum atomic E-state index is -0.553. The fourth-order valence-electron chi connectivity index (χ4n) is 1.90. The number of ether oxygens (including phenoxy) is 3. The van der Waals surface area contributed by atoms with Crippen LogP contribution in [0.2, 0.25) is 0 Å².